The van der Waals surface area contributed by atoms with Crippen LogP contribution in [0.5, 0.6) is 0 Å². The Morgan fingerprint density at radius 3 is 2.77 bits per heavy atom. The second-order valence-electron chi connectivity index (χ2n) is 3.15. The van der Waals surface area contributed by atoms with E-state index in [4.69, 9.17) is 0 Å². The monoisotopic (exact) mass is 199 g/mol. The highest BCUT2D eigenvalue weighted by atomic mass is 32.2. The van der Waals surface area contributed by atoms with E-state index in [9.17, 15) is 0 Å². The molecule has 0 amide bonds. The van der Waals surface area contributed by atoms with Crippen LogP contribution in [0.25, 0.3) is 0 Å². The summed E-state index contributed by atoms with van der Waals surface area (Å²) in [5.41, 5.74) is 1.10. The molecule has 1 nitrogen and oxygen atoms in total. The zero-order valence-corrected chi connectivity index (χ0v) is 9.70. The third kappa shape index (κ3) is 8.13. The molecule has 0 saturated carbocycles. The maximum Gasteiger partial charge on any atom is 0.0224 e. The van der Waals surface area contributed by atoms with E-state index in [0.29, 0.717) is 0 Å². The molecule has 13 heavy (non-hydrogen) atoms. The number of rotatable bonds is 8. The van der Waals surface area contributed by atoms with Gasteiger partial charge in [0.15, 0.2) is 0 Å². The lowest BCUT2D eigenvalue weighted by Crippen LogP contribution is -2.22. The van der Waals surface area contributed by atoms with E-state index in [-0.39, 0.29) is 0 Å². The van der Waals surface area contributed by atoms with Gasteiger partial charge < -0.3 is 4.90 Å². The SMILES string of the molecule is C=CC(=C)CN(C)CCCSCC. The van der Waals surface area contributed by atoms with Gasteiger partial charge in [0, 0.05) is 6.54 Å². The summed E-state index contributed by atoms with van der Waals surface area (Å²) in [6.45, 7) is 11.9. The first kappa shape index (κ1) is 12.8. The lowest BCUT2D eigenvalue weighted by Gasteiger charge is -2.16. The van der Waals surface area contributed by atoms with Crippen LogP contribution in [0.3, 0.4) is 0 Å². The number of nitrogens with zero attached hydrogens (tertiary/aromatic N) is 1. The molecule has 0 aromatic rings. The highest BCUT2D eigenvalue weighted by Crippen LogP contribution is 2.02. The second-order valence-corrected chi connectivity index (χ2v) is 4.54. The van der Waals surface area contributed by atoms with Gasteiger partial charge in [-0.2, -0.15) is 11.8 Å². The summed E-state index contributed by atoms with van der Waals surface area (Å²) in [7, 11) is 2.13. The fraction of sp³-hybridized carbons (Fsp3) is 0.636. The van der Waals surface area contributed by atoms with Crippen molar-refractivity contribution in [3.8, 4) is 0 Å². The molecule has 0 aliphatic carbocycles. The van der Waals surface area contributed by atoms with Crippen molar-refractivity contribution >= 4 is 11.8 Å². The Hall–Kier alpha value is -0.210. The molecule has 0 saturated heterocycles. The van der Waals surface area contributed by atoms with Gasteiger partial charge in [-0.1, -0.05) is 26.2 Å². The first-order chi connectivity index (χ1) is 6.20. The second kappa shape index (κ2) is 8.39. The van der Waals surface area contributed by atoms with E-state index in [1.807, 2.05) is 17.8 Å². The van der Waals surface area contributed by atoms with Crippen LogP contribution in [0.2, 0.25) is 0 Å². The standard InChI is InChI=1S/C11H21NS/c1-5-11(3)10-12(4)8-7-9-13-6-2/h5H,1,3,6-10H2,2,4H3. The summed E-state index contributed by atoms with van der Waals surface area (Å²) in [5.74, 6) is 2.49. The Kier molecular flexibility index (Phi) is 8.26. The molecular weight excluding hydrogens is 178 g/mol. The Bertz CT molecular complexity index is 154. The van der Waals surface area contributed by atoms with Gasteiger partial charge in [-0.15, -0.1) is 0 Å². The van der Waals surface area contributed by atoms with Crippen LogP contribution in [0.4, 0.5) is 0 Å². The predicted molar refractivity (Wildman–Crippen MR) is 64.5 cm³/mol. The topological polar surface area (TPSA) is 3.24 Å². The normalized spacial score (nSPS) is 10.4. The van der Waals surface area contributed by atoms with Crippen LogP contribution in [0, 0.1) is 0 Å². The van der Waals surface area contributed by atoms with E-state index in [2.05, 4.69) is 32.0 Å². The summed E-state index contributed by atoms with van der Waals surface area (Å²) in [4.78, 5) is 2.29. The van der Waals surface area contributed by atoms with Gasteiger partial charge in [0.1, 0.15) is 0 Å². The van der Waals surface area contributed by atoms with Crippen molar-refractivity contribution in [3.05, 3.63) is 24.8 Å². The average Bonchev–Trinajstić information content (AvgIpc) is 2.12. The number of hydrogen-bond acceptors (Lipinski definition) is 2. The first-order valence-electron chi connectivity index (χ1n) is 4.77. The van der Waals surface area contributed by atoms with Crippen molar-refractivity contribution < 1.29 is 0 Å². The van der Waals surface area contributed by atoms with Crippen LogP contribution in [-0.4, -0.2) is 36.5 Å². The zero-order valence-electron chi connectivity index (χ0n) is 8.88. The van der Waals surface area contributed by atoms with E-state index in [1.54, 1.807) is 0 Å². The largest absolute Gasteiger partial charge is 0.302 e. The van der Waals surface area contributed by atoms with E-state index in [1.165, 1.54) is 17.9 Å². The van der Waals surface area contributed by atoms with Crippen molar-refractivity contribution in [1.29, 1.82) is 0 Å². The summed E-state index contributed by atoms with van der Waals surface area (Å²) in [6, 6.07) is 0. The number of likely N-dealkylation sites (N-methyl/N-ethyl adjacent to an activating group) is 1. The van der Waals surface area contributed by atoms with Crippen LogP contribution in [0.1, 0.15) is 13.3 Å². The molecule has 76 valence electrons. The van der Waals surface area contributed by atoms with Gasteiger partial charge >= 0.3 is 0 Å². The minimum atomic E-state index is 0.945. The molecule has 0 fully saturated rings. The van der Waals surface area contributed by atoms with E-state index < -0.39 is 0 Å². The number of hydrogen-bond donors (Lipinski definition) is 0. The van der Waals surface area contributed by atoms with Gasteiger partial charge in [0.05, 0.1) is 0 Å². The molecule has 0 unspecified atom stereocenters. The third-order valence-electron chi connectivity index (χ3n) is 1.79. The maximum atomic E-state index is 3.89. The molecule has 2 heteroatoms. The van der Waals surface area contributed by atoms with Gasteiger partial charge in [-0.3, -0.25) is 0 Å². The summed E-state index contributed by atoms with van der Waals surface area (Å²) < 4.78 is 0. The molecule has 0 aromatic heterocycles. The maximum absolute atomic E-state index is 3.89. The molecule has 0 heterocycles. The van der Waals surface area contributed by atoms with Crippen molar-refractivity contribution in [3.63, 3.8) is 0 Å². The molecular formula is C11H21NS. The smallest absolute Gasteiger partial charge is 0.0224 e. The fourth-order valence-corrected chi connectivity index (χ4v) is 1.69. The third-order valence-corrected chi connectivity index (χ3v) is 2.78. The van der Waals surface area contributed by atoms with Gasteiger partial charge in [0.2, 0.25) is 0 Å². The molecule has 0 atom stereocenters. The van der Waals surface area contributed by atoms with E-state index in [0.717, 1.165) is 18.7 Å². The van der Waals surface area contributed by atoms with Crippen molar-refractivity contribution in [2.75, 3.05) is 31.6 Å². The van der Waals surface area contributed by atoms with Gasteiger partial charge in [-0.05, 0) is 37.1 Å². The molecule has 0 bridgehead atoms. The molecule has 0 aliphatic heterocycles. The zero-order chi connectivity index (χ0) is 10.1. The van der Waals surface area contributed by atoms with Crippen LogP contribution < -0.4 is 0 Å². The molecule has 0 rings (SSSR count). The Labute approximate surface area is 86.9 Å². The van der Waals surface area contributed by atoms with Gasteiger partial charge in [0.25, 0.3) is 0 Å². The van der Waals surface area contributed by atoms with Crippen LogP contribution in [-0.2, 0) is 0 Å². The summed E-state index contributed by atoms with van der Waals surface area (Å²) in [6.07, 6.45) is 3.09. The van der Waals surface area contributed by atoms with Crippen molar-refractivity contribution in [2.45, 2.75) is 13.3 Å². The Morgan fingerprint density at radius 2 is 2.23 bits per heavy atom. The number of thioether (sulfide) groups is 1. The minimum absolute atomic E-state index is 0.945. The van der Waals surface area contributed by atoms with Crippen LogP contribution in [0.15, 0.2) is 24.8 Å². The lowest BCUT2D eigenvalue weighted by atomic mass is 10.3. The highest BCUT2D eigenvalue weighted by molar-refractivity contribution is 7.99. The average molecular weight is 199 g/mol. The molecule has 0 spiro atoms. The molecule has 0 radical (unpaired) electrons. The summed E-state index contributed by atoms with van der Waals surface area (Å²) in [5, 5.41) is 0. The van der Waals surface area contributed by atoms with Gasteiger partial charge in [-0.25, -0.2) is 0 Å². The quantitative estimate of drug-likeness (QED) is 0.437. The highest BCUT2D eigenvalue weighted by Gasteiger charge is 1.97. The summed E-state index contributed by atoms with van der Waals surface area (Å²) >= 11 is 2.01. The molecule has 0 aliphatic rings. The minimum Gasteiger partial charge on any atom is -0.302 e. The molecule has 0 aromatic carbocycles. The first-order valence-corrected chi connectivity index (χ1v) is 5.92. The Balaban J connectivity index is 3.34. The molecule has 0 N–H and O–H groups in total. The van der Waals surface area contributed by atoms with Crippen molar-refractivity contribution in [1.82, 2.24) is 4.90 Å². The lowest BCUT2D eigenvalue weighted by molar-refractivity contribution is 0.367. The predicted octanol–water partition coefficient (Wildman–Crippen LogP) is 2.80. The Morgan fingerprint density at radius 1 is 1.54 bits per heavy atom. The van der Waals surface area contributed by atoms with E-state index >= 15 is 0 Å². The fourth-order valence-electron chi connectivity index (χ4n) is 1.07. The van der Waals surface area contributed by atoms with Crippen molar-refractivity contribution in [2.24, 2.45) is 0 Å². The van der Waals surface area contributed by atoms with Crippen LogP contribution >= 0.6 is 11.8 Å².